The number of piperazine rings is 1. The average Bonchev–Trinajstić information content (AvgIpc) is 3.47. The molecule has 1 spiro atoms. The Morgan fingerprint density at radius 2 is 1.78 bits per heavy atom. The third-order valence-electron chi connectivity index (χ3n) is 6.56. The molecule has 4 aliphatic heterocycles. The number of nitrogens with one attached hydrogen (secondary N) is 1. The van der Waals surface area contributed by atoms with Gasteiger partial charge >= 0.3 is 11.8 Å². The second-order valence-electron chi connectivity index (χ2n) is 8.65. The monoisotopic (exact) mass is 445 g/mol. The number of hydrogen-bond donors (Lipinski definition) is 1. The van der Waals surface area contributed by atoms with Crippen LogP contribution in [-0.4, -0.2) is 92.0 Å². The number of fused-ring (bicyclic) bond motifs is 1. The molecule has 0 aliphatic carbocycles. The summed E-state index contributed by atoms with van der Waals surface area (Å²) in [6, 6.07) is 5.00. The van der Waals surface area contributed by atoms with Crippen LogP contribution in [0.3, 0.4) is 0 Å². The van der Waals surface area contributed by atoms with E-state index in [4.69, 9.17) is 18.9 Å². The fourth-order valence-corrected chi connectivity index (χ4v) is 4.73. The lowest BCUT2D eigenvalue weighted by Gasteiger charge is -2.38. The van der Waals surface area contributed by atoms with Crippen molar-refractivity contribution in [2.45, 2.75) is 30.9 Å². The Morgan fingerprint density at radius 1 is 1.00 bits per heavy atom. The Bertz CT molecular complexity index is 907. The van der Waals surface area contributed by atoms with Crippen LogP contribution in [0.2, 0.25) is 0 Å². The third-order valence-corrected chi connectivity index (χ3v) is 6.56. The Balaban J connectivity index is 1.12. The molecule has 0 aromatic heterocycles. The van der Waals surface area contributed by atoms with Gasteiger partial charge in [0.25, 0.3) is 5.91 Å². The first-order valence-corrected chi connectivity index (χ1v) is 11.0. The molecule has 172 valence electrons. The molecule has 10 nitrogen and oxygen atoms in total. The van der Waals surface area contributed by atoms with Crippen molar-refractivity contribution in [2.24, 2.45) is 0 Å². The van der Waals surface area contributed by atoms with Crippen LogP contribution in [-0.2, 0) is 19.1 Å². The second-order valence-corrected chi connectivity index (χ2v) is 8.65. The van der Waals surface area contributed by atoms with Crippen molar-refractivity contribution in [1.82, 2.24) is 15.1 Å². The summed E-state index contributed by atoms with van der Waals surface area (Å²) in [6.45, 7) is 3.25. The van der Waals surface area contributed by atoms with Crippen molar-refractivity contribution < 1.29 is 33.3 Å². The van der Waals surface area contributed by atoms with Crippen LogP contribution in [0.25, 0.3) is 0 Å². The smallest absolute Gasteiger partial charge is 0.312 e. The minimum absolute atomic E-state index is 0.101. The van der Waals surface area contributed by atoms with E-state index in [-0.39, 0.29) is 24.3 Å². The molecule has 3 amide bonds. The topological polar surface area (TPSA) is 107 Å². The van der Waals surface area contributed by atoms with Crippen molar-refractivity contribution in [3.8, 4) is 11.5 Å². The van der Waals surface area contributed by atoms with Crippen LogP contribution in [0.5, 0.6) is 11.5 Å². The number of rotatable bonds is 2. The molecule has 10 heteroatoms. The van der Waals surface area contributed by atoms with Gasteiger partial charge in [-0.25, -0.2) is 0 Å². The molecule has 1 aromatic rings. The molecule has 3 fully saturated rings. The van der Waals surface area contributed by atoms with Gasteiger partial charge in [-0.1, -0.05) is 0 Å². The first-order chi connectivity index (χ1) is 15.5. The minimum atomic E-state index is -0.596. The molecule has 0 radical (unpaired) electrons. The number of hydrogen-bond acceptors (Lipinski definition) is 7. The first-order valence-electron chi connectivity index (χ1n) is 11.0. The van der Waals surface area contributed by atoms with Gasteiger partial charge in [-0.3, -0.25) is 14.4 Å². The van der Waals surface area contributed by atoms with Gasteiger partial charge in [0.2, 0.25) is 6.79 Å². The van der Waals surface area contributed by atoms with Gasteiger partial charge in [0.05, 0.1) is 12.2 Å². The van der Waals surface area contributed by atoms with Crippen molar-refractivity contribution >= 4 is 17.7 Å². The van der Waals surface area contributed by atoms with E-state index in [9.17, 15) is 14.4 Å². The summed E-state index contributed by atoms with van der Waals surface area (Å²) in [7, 11) is 0. The van der Waals surface area contributed by atoms with E-state index in [0.717, 1.165) is 6.42 Å². The predicted molar refractivity (Wildman–Crippen MR) is 110 cm³/mol. The van der Waals surface area contributed by atoms with Crippen LogP contribution in [0, 0.1) is 0 Å². The molecule has 5 rings (SSSR count). The number of benzene rings is 1. The van der Waals surface area contributed by atoms with Gasteiger partial charge in [-0.15, -0.1) is 0 Å². The van der Waals surface area contributed by atoms with Crippen molar-refractivity contribution in [3.05, 3.63) is 23.8 Å². The lowest BCUT2D eigenvalue weighted by atomic mass is 9.89. The number of carbonyl (C=O) groups is 3. The molecule has 4 heterocycles. The Kier molecular flexibility index (Phi) is 5.64. The highest BCUT2D eigenvalue weighted by atomic mass is 16.7. The maximum absolute atomic E-state index is 12.8. The average molecular weight is 445 g/mol. The summed E-state index contributed by atoms with van der Waals surface area (Å²) < 4.78 is 22.0. The standard InChI is InChI=1S/C22H27N3O7/c26-19(23-16-3-9-32-22(12-16)4-10-29-13-22)21(28)25-7-5-24(6-8-25)20(27)15-1-2-17-18(11-15)31-14-30-17/h1-2,11,16H,3-10,12-14H2,(H,23,26). The fraction of sp³-hybridized carbons (Fsp3) is 0.591. The number of amides is 3. The quantitative estimate of drug-likeness (QED) is 0.646. The maximum Gasteiger partial charge on any atom is 0.312 e. The number of carbonyl (C=O) groups excluding carboxylic acids is 3. The second kappa shape index (κ2) is 8.59. The lowest BCUT2D eigenvalue weighted by Crippen LogP contribution is -2.56. The normalized spacial score (nSPS) is 26.9. The van der Waals surface area contributed by atoms with Gasteiger partial charge in [-0.2, -0.15) is 0 Å². The van der Waals surface area contributed by atoms with E-state index < -0.39 is 11.8 Å². The summed E-state index contributed by atoms with van der Waals surface area (Å²) in [4.78, 5) is 41.3. The van der Waals surface area contributed by atoms with E-state index in [1.54, 1.807) is 23.1 Å². The van der Waals surface area contributed by atoms with Crippen molar-refractivity contribution in [3.63, 3.8) is 0 Å². The minimum Gasteiger partial charge on any atom is -0.454 e. The Hall–Kier alpha value is -2.85. The zero-order chi connectivity index (χ0) is 22.1. The van der Waals surface area contributed by atoms with Crippen molar-refractivity contribution in [2.75, 3.05) is 52.8 Å². The first kappa shape index (κ1) is 21.0. The van der Waals surface area contributed by atoms with Gasteiger partial charge in [0.1, 0.15) is 0 Å². The largest absolute Gasteiger partial charge is 0.454 e. The summed E-state index contributed by atoms with van der Waals surface area (Å²) in [5.74, 6) is -0.102. The molecule has 1 aromatic carbocycles. The third kappa shape index (κ3) is 4.12. The molecular weight excluding hydrogens is 418 g/mol. The van der Waals surface area contributed by atoms with Gasteiger partial charge in [-0.05, 0) is 31.0 Å². The Labute approximate surface area is 185 Å². The molecule has 4 aliphatic rings. The SMILES string of the molecule is O=C(NC1CCOC2(CCOC2)C1)C(=O)N1CCN(C(=O)c2ccc3c(c2)OCO3)CC1. The zero-order valence-electron chi connectivity index (χ0n) is 17.8. The van der Waals surface area contributed by atoms with Crippen molar-refractivity contribution in [1.29, 1.82) is 0 Å². The fourth-order valence-electron chi connectivity index (χ4n) is 4.73. The van der Waals surface area contributed by atoms with Crippen LogP contribution < -0.4 is 14.8 Å². The van der Waals surface area contributed by atoms with Gasteiger partial charge in [0, 0.05) is 57.4 Å². The van der Waals surface area contributed by atoms with E-state index in [1.807, 2.05) is 0 Å². The van der Waals surface area contributed by atoms with Crippen LogP contribution >= 0.6 is 0 Å². The molecule has 1 N–H and O–H groups in total. The summed E-state index contributed by atoms with van der Waals surface area (Å²) >= 11 is 0. The lowest BCUT2D eigenvalue weighted by molar-refractivity contribution is -0.148. The summed E-state index contributed by atoms with van der Waals surface area (Å²) in [6.07, 6.45) is 2.15. The van der Waals surface area contributed by atoms with Crippen LogP contribution in [0.1, 0.15) is 29.6 Å². The molecule has 32 heavy (non-hydrogen) atoms. The Morgan fingerprint density at radius 3 is 2.56 bits per heavy atom. The molecule has 2 atom stereocenters. The molecule has 3 saturated heterocycles. The number of nitrogens with zero attached hydrogens (tertiary/aromatic N) is 2. The molecule has 0 saturated carbocycles. The molecular formula is C22H27N3O7. The van der Waals surface area contributed by atoms with E-state index >= 15 is 0 Å². The molecule has 0 bridgehead atoms. The van der Waals surface area contributed by atoms with Gasteiger partial charge in [0.15, 0.2) is 11.5 Å². The number of ether oxygens (including phenoxy) is 4. The van der Waals surface area contributed by atoms with Crippen LogP contribution in [0.4, 0.5) is 0 Å². The van der Waals surface area contributed by atoms with Gasteiger partial charge < -0.3 is 34.1 Å². The van der Waals surface area contributed by atoms with E-state index in [0.29, 0.717) is 75.9 Å². The zero-order valence-corrected chi connectivity index (χ0v) is 17.8. The molecule has 2 unspecified atom stereocenters. The highest BCUT2D eigenvalue weighted by Gasteiger charge is 2.42. The maximum atomic E-state index is 12.8. The predicted octanol–water partition coefficient (Wildman–Crippen LogP) is 0.154. The van der Waals surface area contributed by atoms with E-state index in [1.165, 1.54) is 4.90 Å². The summed E-state index contributed by atoms with van der Waals surface area (Å²) in [5.41, 5.74) is 0.177. The highest BCUT2D eigenvalue weighted by Crippen LogP contribution is 2.33. The van der Waals surface area contributed by atoms with E-state index in [2.05, 4.69) is 5.32 Å². The highest BCUT2D eigenvalue weighted by molar-refractivity contribution is 6.35. The summed E-state index contributed by atoms with van der Waals surface area (Å²) in [5, 5.41) is 2.88. The van der Waals surface area contributed by atoms with Crippen LogP contribution in [0.15, 0.2) is 18.2 Å².